The molecule has 0 bridgehead atoms. The Morgan fingerprint density at radius 1 is 1.47 bits per heavy atom. The molecule has 2 fully saturated rings. The van der Waals surface area contributed by atoms with Crippen LogP contribution in [0.2, 0.25) is 0 Å². The Hall–Kier alpha value is -0.670. The fourth-order valence-electron chi connectivity index (χ4n) is 3.39. The van der Waals surface area contributed by atoms with Crippen molar-refractivity contribution in [3.8, 4) is 0 Å². The van der Waals surface area contributed by atoms with Crippen LogP contribution in [-0.2, 0) is 14.3 Å². The number of carbonyl (C=O) groups is 1. The summed E-state index contributed by atoms with van der Waals surface area (Å²) in [5.41, 5.74) is -0.359. The van der Waals surface area contributed by atoms with Crippen LogP contribution in [0.1, 0.15) is 33.1 Å². The van der Waals surface area contributed by atoms with Crippen LogP contribution in [0.15, 0.2) is 12.2 Å². The van der Waals surface area contributed by atoms with Crippen LogP contribution >= 0.6 is 0 Å². The Morgan fingerprint density at radius 3 is 3.00 bits per heavy atom. The largest absolute Gasteiger partial charge is 0.352 e. The highest BCUT2D eigenvalue weighted by atomic mass is 16.7. The third-order valence-corrected chi connectivity index (χ3v) is 4.95. The van der Waals surface area contributed by atoms with E-state index < -0.39 is 0 Å². The smallest absolute Gasteiger partial charge is 0.164 e. The Morgan fingerprint density at radius 2 is 2.29 bits per heavy atom. The first-order chi connectivity index (χ1) is 8.12. The number of hydrogen-bond donors (Lipinski definition) is 0. The van der Waals surface area contributed by atoms with Gasteiger partial charge < -0.3 is 9.47 Å². The van der Waals surface area contributed by atoms with Crippen LogP contribution in [0, 0.1) is 17.3 Å². The highest BCUT2D eigenvalue weighted by molar-refractivity contribution is 5.96. The molecule has 0 saturated carbocycles. The molecule has 94 valence electrons. The maximum atomic E-state index is 12.2. The molecule has 1 aliphatic carbocycles. The zero-order valence-corrected chi connectivity index (χ0v) is 10.5. The van der Waals surface area contributed by atoms with E-state index in [0.717, 1.165) is 25.9 Å². The molecular weight excluding hydrogens is 216 g/mol. The summed E-state index contributed by atoms with van der Waals surface area (Å²) in [4.78, 5) is 12.2. The summed E-state index contributed by atoms with van der Waals surface area (Å²) in [6.45, 7) is 5.02. The zero-order chi connectivity index (χ0) is 12.0. The topological polar surface area (TPSA) is 35.5 Å². The minimum atomic E-state index is -0.359. The molecule has 0 radical (unpaired) electrons. The van der Waals surface area contributed by atoms with E-state index in [-0.39, 0.29) is 23.6 Å². The summed E-state index contributed by atoms with van der Waals surface area (Å²) in [5, 5.41) is 0. The van der Waals surface area contributed by atoms with Crippen molar-refractivity contribution in [2.24, 2.45) is 17.3 Å². The predicted molar refractivity (Wildman–Crippen MR) is 63.4 cm³/mol. The van der Waals surface area contributed by atoms with Crippen molar-refractivity contribution in [2.45, 2.75) is 45.5 Å². The van der Waals surface area contributed by atoms with Crippen molar-refractivity contribution < 1.29 is 14.3 Å². The van der Waals surface area contributed by atoms with Crippen LogP contribution in [-0.4, -0.2) is 24.8 Å². The maximum Gasteiger partial charge on any atom is 0.164 e. The Balaban J connectivity index is 1.83. The summed E-state index contributed by atoms with van der Waals surface area (Å²) in [6.07, 6.45) is 6.73. The molecule has 3 aliphatic rings. The lowest BCUT2D eigenvalue weighted by atomic mass is 9.65. The molecule has 2 aliphatic heterocycles. The van der Waals surface area contributed by atoms with Gasteiger partial charge in [-0.1, -0.05) is 13.0 Å². The first kappa shape index (κ1) is 11.4. The van der Waals surface area contributed by atoms with Gasteiger partial charge in [-0.05, 0) is 38.2 Å². The molecule has 0 N–H and O–H groups in total. The second-order valence-electron chi connectivity index (χ2n) is 5.83. The fraction of sp³-hybridized carbons (Fsp3) is 0.786. The van der Waals surface area contributed by atoms with E-state index in [1.165, 1.54) is 0 Å². The first-order valence-electron chi connectivity index (χ1n) is 6.60. The number of rotatable bonds is 1. The molecule has 0 spiro atoms. The third kappa shape index (κ3) is 1.59. The van der Waals surface area contributed by atoms with Gasteiger partial charge in [0, 0.05) is 5.92 Å². The van der Waals surface area contributed by atoms with Gasteiger partial charge in [-0.2, -0.15) is 0 Å². The summed E-state index contributed by atoms with van der Waals surface area (Å²) < 4.78 is 11.6. The SMILES string of the molecule is C[C@@H]1CC=CC(=O)[C@@]1(C)[C@H]1C[C@@H]2CCO[C@@H]2O1. The average molecular weight is 236 g/mol. The van der Waals surface area contributed by atoms with Gasteiger partial charge >= 0.3 is 0 Å². The van der Waals surface area contributed by atoms with Gasteiger partial charge in [0.1, 0.15) is 0 Å². The lowest BCUT2D eigenvalue weighted by molar-refractivity contribution is -0.162. The number of carbonyl (C=O) groups excluding carboxylic acids is 1. The summed E-state index contributed by atoms with van der Waals surface area (Å²) in [7, 11) is 0. The molecule has 0 amide bonds. The van der Waals surface area contributed by atoms with E-state index >= 15 is 0 Å². The van der Waals surface area contributed by atoms with Gasteiger partial charge in [0.2, 0.25) is 0 Å². The number of fused-ring (bicyclic) bond motifs is 1. The lowest BCUT2D eigenvalue weighted by Gasteiger charge is -2.40. The third-order valence-electron chi connectivity index (χ3n) is 4.95. The zero-order valence-electron chi connectivity index (χ0n) is 10.5. The Bertz CT molecular complexity index is 350. The average Bonchev–Trinajstić information content (AvgIpc) is 2.85. The number of ether oxygens (including phenoxy) is 2. The molecular formula is C14H20O3. The summed E-state index contributed by atoms with van der Waals surface area (Å²) in [5.74, 6) is 1.08. The van der Waals surface area contributed by atoms with Crippen LogP contribution in [0.3, 0.4) is 0 Å². The van der Waals surface area contributed by atoms with Crippen molar-refractivity contribution in [2.75, 3.05) is 6.61 Å². The second kappa shape index (κ2) is 3.92. The summed E-state index contributed by atoms with van der Waals surface area (Å²) >= 11 is 0. The minimum Gasteiger partial charge on any atom is -0.352 e. The Kier molecular flexibility index (Phi) is 2.64. The van der Waals surface area contributed by atoms with E-state index in [0.29, 0.717) is 11.8 Å². The van der Waals surface area contributed by atoms with E-state index in [1.807, 2.05) is 6.08 Å². The molecule has 2 heterocycles. The van der Waals surface area contributed by atoms with Crippen LogP contribution < -0.4 is 0 Å². The molecule has 0 aromatic carbocycles. The van der Waals surface area contributed by atoms with Gasteiger partial charge in [-0.25, -0.2) is 0 Å². The highest BCUT2D eigenvalue weighted by Crippen LogP contribution is 2.47. The van der Waals surface area contributed by atoms with E-state index in [1.54, 1.807) is 6.08 Å². The number of hydrogen-bond acceptors (Lipinski definition) is 3. The second-order valence-corrected chi connectivity index (χ2v) is 5.83. The normalized spacial score (nSPS) is 49.6. The molecule has 5 atom stereocenters. The van der Waals surface area contributed by atoms with Gasteiger partial charge in [0.25, 0.3) is 0 Å². The maximum absolute atomic E-state index is 12.2. The predicted octanol–water partition coefficient (Wildman–Crippen LogP) is 2.31. The molecule has 0 aromatic rings. The standard InChI is InChI=1S/C14H20O3/c1-9-4-3-5-11(15)14(9,2)12-8-10-6-7-16-13(10)17-12/h3,5,9-10,12-13H,4,6-8H2,1-2H3/t9-,10+,12-,13-,14+/m1/s1. The van der Waals surface area contributed by atoms with E-state index in [4.69, 9.17) is 9.47 Å². The van der Waals surface area contributed by atoms with Crippen LogP contribution in [0.5, 0.6) is 0 Å². The molecule has 17 heavy (non-hydrogen) atoms. The van der Waals surface area contributed by atoms with Crippen molar-refractivity contribution in [1.29, 1.82) is 0 Å². The van der Waals surface area contributed by atoms with E-state index in [9.17, 15) is 4.79 Å². The highest BCUT2D eigenvalue weighted by Gasteiger charge is 2.52. The quantitative estimate of drug-likeness (QED) is 0.701. The van der Waals surface area contributed by atoms with Gasteiger partial charge in [0.05, 0.1) is 18.1 Å². The number of ketones is 1. The van der Waals surface area contributed by atoms with E-state index in [2.05, 4.69) is 13.8 Å². The van der Waals surface area contributed by atoms with Crippen molar-refractivity contribution in [3.05, 3.63) is 12.2 Å². The first-order valence-corrected chi connectivity index (χ1v) is 6.60. The summed E-state index contributed by atoms with van der Waals surface area (Å²) in [6, 6.07) is 0. The van der Waals surface area contributed by atoms with Crippen molar-refractivity contribution in [1.82, 2.24) is 0 Å². The monoisotopic (exact) mass is 236 g/mol. The Labute approximate surface area is 102 Å². The molecule has 0 unspecified atom stereocenters. The van der Waals surface area contributed by atoms with Crippen molar-refractivity contribution >= 4 is 5.78 Å². The molecule has 3 heteroatoms. The van der Waals surface area contributed by atoms with Crippen molar-refractivity contribution in [3.63, 3.8) is 0 Å². The van der Waals surface area contributed by atoms with Gasteiger partial charge in [-0.3, -0.25) is 4.79 Å². The minimum absolute atomic E-state index is 0.0326. The lowest BCUT2D eigenvalue weighted by Crippen LogP contribution is -2.46. The molecule has 0 aromatic heterocycles. The fourth-order valence-corrected chi connectivity index (χ4v) is 3.39. The van der Waals surface area contributed by atoms with Crippen LogP contribution in [0.25, 0.3) is 0 Å². The number of allylic oxidation sites excluding steroid dienone is 2. The molecule has 2 saturated heterocycles. The molecule has 3 rings (SSSR count). The molecule has 3 nitrogen and oxygen atoms in total. The van der Waals surface area contributed by atoms with Crippen LogP contribution in [0.4, 0.5) is 0 Å². The van der Waals surface area contributed by atoms with Gasteiger partial charge in [-0.15, -0.1) is 0 Å². The van der Waals surface area contributed by atoms with Gasteiger partial charge in [0.15, 0.2) is 12.1 Å².